The number of hydrogen-bond acceptors (Lipinski definition) is 4. The molecule has 124 valence electrons. The van der Waals surface area contributed by atoms with Gasteiger partial charge in [-0.2, -0.15) is 0 Å². The van der Waals surface area contributed by atoms with Gasteiger partial charge in [0.1, 0.15) is 0 Å². The number of hydrogen-bond donors (Lipinski definition) is 1. The van der Waals surface area contributed by atoms with Crippen molar-refractivity contribution >= 4 is 12.0 Å². The van der Waals surface area contributed by atoms with E-state index in [1.54, 1.807) is 13.2 Å². The Morgan fingerprint density at radius 2 is 2.00 bits per heavy atom. The highest BCUT2D eigenvalue weighted by Crippen LogP contribution is 2.57. The molecule has 2 aliphatic rings. The zero-order chi connectivity index (χ0) is 16.8. The molecule has 0 saturated heterocycles. The van der Waals surface area contributed by atoms with Gasteiger partial charge >= 0.3 is 5.97 Å². The van der Waals surface area contributed by atoms with Gasteiger partial charge in [-0.1, -0.05) is 25.5 Å². The van der Waals surface area contributed by atoms with Crippen molar-refractivity contribution < 1.29 is 19.4 Å². The third-order valence-corrected chi connectivity index (χ3v) is 5.85. The van der Waals surface area contributed by atoms with Gasteiger partial charge in [0.25, 0.3) is 0 Å². The van der Waals surface area contributed by atoms with Gasteiger partial charge in [0.05, 0.1) is 19.6 Å². The van der Waals surface area contributed by atoms with Crippen molar-refractivity contribution in [2.75, 3.05) is 14.2 Å². The van der Waals surface area contributed by atoms with E-state index in [0.29, 0.717) is 5.75 Å². The van der Waals surface area contributed by atoms with E-state index >= 15 is 0 Å². The molecule has 1 saturated carbocycles. The topological polar surface area (TPSA) is 55.8 Å². The van der Waals surface area contributed by atoms with E-state index < -0.39 is 5.41 Å². The number of fused-ring (bicyclic) bond motifs is 3. The predicted octanol–water partition coefficient (Wildman–Crippen LogP) is 3.66. The molecule has 0 amide bonds. The van der Waals surface area contributed by atoms with Crippen molar-refractivity contribution in [3.63, 3.8) is 0 Å². The normalized spacial score (nSPS) is 31.9. The molecule has 0 heterocycles. The van der Waals surface area contributed by atoms with Crippen LogP contribution in [0.4, 0.5) is 0 Å². The molecule has 0 unspecified atom stereocenters. The van der Waals surface area contributed by atoms with Crippen LogP contribution < -0.4 is 4.74 Å². The maximum absolute atomic E-state index is 12.5. The van der Waals surface area contributed by atoms with E-state index in [2.05, 4.69) is 13.0 Å². The molecule has 0 radical (unpaired) electrons. The molecule has 0 aliphatic heterocycles. The van der Waals surface area contributed by atoms with Crippen LogP contribution >= 0.6 is 0 Å². The second-order valence-corrected chi connectivity index (χ2v) is 7.13. The number of carbonyl (C=O) groups is 1. The number of aromatic hydroxyl groups is 1. The summed E-state index contributed by atoms with van der Waals surface area (Å²) in [6.45, 7) is 4.21. The van der Waals surface area contributed by atoms with E-state index in [1.165, 1.54) is 7.11 Å². The Labute approximate surface area is 137 Å². The maximum atomic E-state index is 12.5. The summed E-state index contributed by atoms with van der Waals surface area (Å²) in [6, 6.07) is 3.67. The van der Waals surface area contributed by atoms with Crippen molar-refractivity contribution in [2.24, 2.45) is 11.3 Å². The van der Waals surface area contributed by atoms with Crippen LogP contribution in [0.2, 0.25) is 0 Å². The van der Waals surface area contributed by atoms with Crippen LogP contribution in [0, 0.1) is 11.3 Å². The number of esters is 1. The smallest absolute Gasteiger partial charge is 0.312 e. The van der Waals surface area contributed by atoms with Crippen LogP contribution in [-0.2, 0) is 14.9 Å². The molecule has 23 heavy (non-hydrogen) atoms. The highest BCUT2D eigenvalue weighted by atomic mass is 16.5. The second-order valence-electron chi connectivity index (χ2n) is 7.13. The molecule has 4 nitrogen and oxygen atoms in total. The van der Waals surface area contributed by atoms with Crippen molar-refractivity contribution in [2.45, 2.75) is 38.5 Å². The quantitative estimate of drug-likeness (QED) is 0.846. The minimum atomic E-state index is -0.527. The summed E-state index contributed by atoms with van der Waals surface area (Å²) >= 11 is 0. The van der Waals surface area contributed by atoms with Crippen LogP contribution in [0.25, 0.3) is 6.08 Å². The summed E-state index contributed by atoms with van der Waals surface area (Å²) in [6.07, 6.45) is 6.91. The highest BCUT2D eigenvalue weighted by Gasteiger charge is 2.54. The number of ether oxygens (including phenoxy) is 2. The number of allylic oxidation sites excluding steroid dienone is 1. The first-order chi connectivity index (χ1) is 10.9. The maximum Gasteiger partial charge on any atom is 0.312 e. The van der Waals surface area contributed by atoms with Crippen LogP contribution in [-0.4, -0.2) is 25.3 Å². The molecule has 0 spiro atoms. The Morgan fingerprint density at radius 3 is 2.65 bits per heavy atom. The molecule has 1 fully saturated rings. The lowest BCUT2D eigenvalue weighted by Gasteiger charge is -2.51. The summed E-state index contributed by atoms with van der Waals surface area (Å²) in [5.41, 5.74) is 1.43. The number of benzene rings is 1. The Balaban J connectivity index is 2.16. The van der Waals surface area contributed by atoms with Gasteiger partial charge in [0, 0.05) is 11.3 Å². The Hall–Kier alpha value is -1.97. The Bertz CT molecular complexity index is 678. The first-order valence-electron chi connectivity index (χ1n) is 8.05. The fourth-order valence-electron chi connectivity index (χ4n) is 4.61. The van der Waals surface area contributed by atoms with Gasteiger partial charge in [-0.05, 0) is 43.0 Å². The van der Waals surface area contributed by atoms with Crippen molar-refractivity contribution in [1.29, 1.82) is 0 Å². The van der Waals surface area contributed by atoms with Gasteiger partial charge < -0.3 is 14.6 Å². The van der Waals surface area contributed by atoms with Gasteiger partial charge in [0.15, 0.2) is 11.5 Å². The summed E-state index contributed by atoms with van der Waals surface area (Å²) in [4.78, 5) is 12.5. The molecule has 4 heteroatoms. The van der Waals surface area contributed by atoms with Crippen molar-refractivity contribution in [3.05, 3.63) is 29.3 Å². The average Bonchev–Trinajstić information content (AvgIpc) is 2.53. The largest absolute Gasteiger partial charge is 0.504 e. The minimum absolute atomic E-state index is 0.0675. The number of rotatable bonds is 2. The molecular weight excluding hydrogens is 292 g/mol. The fourth-order valence-corrected chi connectivity index (χ4v) is 4.61. The molecular formula is C19H24O4. The van der Waals surface area contributed by atoms with E-state index in [4.69, 9.17) is 9.47 Å². The SMILES string of the molecule is COC(=O)[C@@]1(C)CCC[C@]2(C)c3cc(OC)c(O)cc3C=C[C@@H]12. The van der Waals surface area contributed by atoms with E-state index in [-0.39, 0.29) is 23.1 Å². The number of phenols is 1. The standard InChI is InChI=1S/C19H24O4/c1-18-8-5-9-19(2,17(21)23-4)16(18)7-6-12-10-14(20)15(22-3)11-13(12)18/h6-7,10-11,16,20H,5,8-9H2,1-4H3/t16-,18-,19+/m1/s1. The predicted molar refractivity (Wildman–Crippen MR) is 88.5 cm³/mol. The van der Waals surface area contributed by atoms with Crippen molar-refractivity contribution in [3.8, 4) is 11.5 Å². The molecule has 0 bridgehead atoms. The van der Waals surface area contributed by atoms with Crippen LogP contribution in [0.5, 0.6) is 11.5 Å². The third kappa shape index (κ3) is 2.15. The van der Waals surface area contributed by atoms with Gasteiger partial charge in [0.2, 0.25) is 0 Å². The monoisotopic (exact) mass is 316 g/mol. The number of methoxy groups -OCH3 is 2. The van der Waals surface area contributed by atoms with Crippen molar-refractivity contribution in [1.82, 2.24) is 0 Å². The molecule has 1 aromatic carbocycles. The van der Waals surface area contributed by atoms with E-state index in [1.807, 2.05) is 19.1 Å². The Morgan fingerprint density at radius 1 is 1.26 bits per heavy atom. The van der Waals surface area contributed by atoms with E-state index in [0.717, 1.165) is 30.4 Å². The molecule has 1 N–H and O–H groups in total. The van der Waals surface area contributed by atoms with Gasteiger partial charge in [-0.25, -0.2) is 0 Å². The number of carbonyl (C=O) groups excluding carboxylic acids is 1. The van der Waals surface area contributed by atoms with Crippen LogP contribution in [0.1, 0.15) is 44.2 Å². The van der Waals surface area contributed by atoms with Crippen LogP contribution in [0.15, 0.2) is 18.2 Å². The zero-order valence-electron chi connectivity index (χ0n) is 14.2. The third-order valence-electron chi connectivity index (χ3n) is 5.85. The number of phenolic OH excluding ortho intramolecular Hbond substituents is 1. The first-order valence-corrected chi connectivity index (χ1v) is 8.05. The average molecular weight is 316 g/mol. The van der Waals surface area contributed by atoms with Crippen LogP contribution in [0.3, 0.4) is 0 Å². The summed E-state index contributed by atoms with van der Waals surface area (Å²) in [5.74, 6) is 0.541. The molecule has 3 rings (SSSR count). The summed E-state index contributed by atoms with van der Waals surface area (Å²) < 4.78 is 10.4. The minimum Gasteiger partial charge on any atom is -0.504 e. The summed E-state index contributed by atoms with van der Waals surface area (Å²) in [7, 11) is 3.01. The lowest BCUT2D eigenvalue weighted by atomic mass is 9.51. The molecule has 2 aliphatic carbocycles. The first kappa shape index (κ1) is 15.9. The Kier molecular flexibility index (Phi) is 3.66. The van der Waals surface area contributed by atoms with Gasteiger partial charge in [-0.3, -0.25) is 4.79 Å². The lowest BCUT2D eigenvalue weighted by Crippen LogP contribution is -2.50. The molecule has 0 aromatic heterocycles. The highest BCUT2D eigenvalue weighted by molar-refractivity contribution is 5.79. The molecule has 1 aromatic rings. The van der Waals surface area contributed by atoms with Gasteiger partial charge in [-0.15, -0.1) is 0 Å². The fraction of sp³-hybridized carbons (Fsp3) is 0.526. The molecule has 3 atom stereocenters. The summed E-state index contributed by atoms with van der Waals surface area (Å²) in [5, 5.41) is 10.0. The second kappa shape index (κ2) is 5.29. The zero-order valence-corrected chi connectivity index (χ0v) is 14.2. The lowest BCUT2D eigenvalue weighted by molar-refractivity contribution is -0.158. The van der Waals surface area contributed by atoms with E-state index in [9.17, 15) is 9.90 Å².